The first-order valence-corrected chi connectivity index (χ1v) is 8.13. The summed E-state index contributed by atoms with van der Waals surface area (Å²) in [5, 5.41) is 9.97. The molecular weight excluding hydrogens is 248 g/mol. The van der Waals surface area contributed by atoms with Crippen molar-refractivity contribution in [1.29, 1.82) is 0 Å². The third-order valence-corrected chi connectivity index (χ3v) is 4.23. The summed E-state index contributed by atoms with van der Waals surface area (Å²) in [6.45, 7) is 11.1. The van der Waals surface area contributed by atoms with Crippen molar-refractivity contribution < 1.29 is 9.84 Å². The number of aliphatic hydroxyl groups excluding tert-OH is 1. The van der Waals surface area contributed by atoms with Gasteiger partial charge in [-0.25, -0.2) is 0 Å². The highest BCUT2D eigenvalue weighted by molar-refractivity contribution is 5.37. The smallest absolute Gasteiger partial charge is 0.118 e. The molecule has 1 N–H and O–H groups in total. The van der Waals surface area contributed by atoms with Crippen molar-refractivity contribution >= 4 is 0 Å². The van der Waals surface area contributed by atoms with Crippen LogP contribution in [0.4, 0.5) is 0 Å². The molecule has 1 rings (SSSR count). The predicted molar refractivity (Wildman–Crippen MR) is 85.3 cm³/mol. The minimum absolute atomic E-state index is 0.143. The van der Waals surface area contributed by atoms with Gasteiger partial charge in [-0.05, 0) is 24.5 Å². The highest BCUT2D eigenvalue weighted by atomic mass is 16.5. The van der Waals surface area contributed by atoms with E-state index < -0.39 is 6.10 Å². The van der Waals surface area contributed by atoms with Gasteiger partial charge < -0.3 is 16.8 Å². The summed E-state index contributed by atoms with van der Waals surface area (Å²) in [4.78, 5) is 0. The monoisotopic (exact) mass is 279 g/mol. The molecule has 1 aliphatic rings. The Bertz CT molecular complexity index is 341. The van der Waals surface area contributed by atoms with E-state index in [9.17, 15) is 5.11 Å². The third-order valence-electron chi connectivity index (χ3n) is 4.23. The van der Waals surface area contributed by atoms with E-state index in [0.717, 1.165) is 29.9 Å². The highest BCUT2D eigenvalue weighted by Gasteiger charge is 2.24. The van der Waals surface area contributed by atoms with Crippen molar-refractivity contribution in [1.82, 2.24) is 0 Å². The molecule has 0 amide bonds. The lowest BCUT2D eigenvalue weighted by atomic mass is 9.86. The number of allylic oxidation sites excluding steroid dienone is 1. The molecule has 0 radical (unpaired) electrons. The van der Waals surface area contributed by atoms with Crippen LogP contribution in [0.3, 0.4) is 0 Å². The number of unbranched alkanes of at least 4 members (excludes halogenated alkanes) is 5. The Kier molecular flexibility index (Phi) is 7.98. The zero-order valence-electron chi connectivity index (χ0n) is 13.5. The van der Waals surface area contributed by atoms with Gasteiger partial charge in [0, 0.05) is 5.92 Å². The van der Waals surface area contributed by atoms with Gasteiger partial charge in [-0.1, -0.05) is 52.0 Å². The van der Waals surface area contributed by atoms with Crippen molar-refractivity contribution in [3.05, 3.63) is 29.9 Å². The van der Waals surface area contributed by atoms with Crippen molar-refractivity contribution in [2.75, 3.05) is 6.61 Å². The van der Waals surface area contributed by atoms with Gasteiger partial charge in [0.2, 0.25) is 0 Å². The van der Waals surface area contributed by atoms with Crippen LogP contribution in [-0.4, -0.2) is 17.8 Å². The Morgan fingerprint density at radius 3 is 2.50 bits per heavy atom. The van der Waals surface area contributed by atoms with Crippen LogP contribution in [0.25, 0.3) is 0 Å². The van der Waals surface area contributed by atoms with Crippen LogP contribution in [0.2, 0.25) is 0 Å². The van der Waals surface area contributed by atoms with Gasteiger partial charge in [-0.2, -0.15) is 6.42 Å². The first kappa shape index (κ1) is 17.3. The summed E-state index contributed by atoms with van der Waals surface area (Å²) >= 11 is 0. The summed E-state index contributed by atoms with van der Waals surface area (Å²) in [6.07, 6.45) is 9.82. The van der Waals surface area contributed by atoms with E-state index in [-0.39, 0.29) is 5.92 Å². The normalized spacial score (nSPS) is 22.9. The van der Waals surface area contributed by atoms with E-state index in [1.54, 1.807) is 0 Å². The summed E-state index contributed by atoms with van der Waals surface area (Å²) < 4.78 is 5.98. The number of ether oxygens (including phenoxy) is 1. The lowest BCUT2D eigenvalue weighted by molar-refractivity contribution is 0.155. The van der Waals surface area contributed by atoms with Crippen molar-refractivity contribution in [3.63, 3.8) is 0 Å². The van der Waals surface area contributed by atoms with Crippen molar-refractivity contribution in [2.45, 2.75) is 71.8 Å². The average Bonchev–Trinajstić information content (AvgIpc) is 2.45. The fraction of sp³-hybridized carbons (Fsp3) is 0.722. The van der Waals surface area contributed by atoms with Gasteiger partial charge in [0.05, 0.1) is 12.7 Å². The number of hydrogen-bond acceptors (Lipinski definition) is 2. The van der Waals surface area contributed by atoms with Crippen LogP contribution in [0.5, 0.6) is 0 Å². The Morgan fingerprint density at radius 2 is 1.85 bits per heavy atom. The number of aliphatic hydroxyl groups is 1. The summed E-state index contributed by atoms with van der Waals surface area (Å²) in [5.41, 5.74) is 2.21. The predicted octanol–water partition coefficient (Wildman–Crippen LogP) is 4.80. The van der Waals surface area contributed by atoms with Crippen molar-refractivity contribution in [3.8, 4) is 0 Å². The van der Waals surface area contributed by atoms with Crippen LogP contribution in [-0.2, 0) is 4.74 Å². The fourth-order valence-corrected chi connectivity index (χ4v) is 2.60. The van der Waals surface area contributed by atoms with E-state index in [1.807, 2.05) is 13.0 Å². The van der Waals surface area contributed by atoms with E-state index in [0.29, 0.717) is 6.42 Å². The molecule has 0 fully saturated rings. The SMILES string of the molecule is [CH2-]CC1=CC(O)C(C)C(C)=C1OCCCCCCCC. The van der Waals surface area contributed by atoms with Gasteiger partial charge in [0.1, 0.15) is 5.76 Å². The van der Waals surface area contributed by atoms with Gasteiger partial charge in [0.25, 0.3) is 0 Å². The molecule has 0 aromatic carbocycles. The van der Waals surface area contributed by atoms with E-state index in [2.05, 4.69) is 20.8 Å². The maximum Gasteiger partial charge on any atom is 0.118 e. The molecule has 0 aliphatic heterocycles. The van der Waals surface area contributed by atoms with Crippen LogP contribution in [0.15, 0.2) is 23.0 Å². The number of rotatable bonds is 9. The second-order valence-electron chi connectivity index (χ2n) is 5.85. The summed E-state index contributed by atoms with van der Waals surface area (Å²) in [5.74, 6) is 1.12. The molecule has 0 aromatic heterocycles. The molecule has 2 unspecified atom stereocenters. The largest absolute Gasteiger partial charge is 0.493 e. The zero-order chi connectivity index (χ0) is 15.0. The maximum atomic E-state index is 9.97. The van der Waals surface area contributed by atoms with Crippen molar-refractivity contribution in [2.24, 2.45) is 5.92 Å². The lowest BCUT2D eigenvalue weighted by Crippen LogP contribution is -2.23. The Balaban J connectivity index is 2.39. The standard InChI is InChI=1S/C18H31O2/c1-5-7-8-9-10-11-12-20-18-15(4)14(3)17(19)13-16(18)6-2/h13-14,17,19H,2,5-12H2,1,3-4H3/q-1. The van der Waals surface area contributed by atoms with Crippen LogP contribution >= 0.6 is 0 Å². The Morgan fingerprint density at radius 1 is 1.20 bits per heavy atom. The highest BCUT2D eigenvalue weighted by Crippen LogP contribution is 2.32. The first-order chi connectivity index (χ1) is 9.61. The topological polar surface area (TPSA) is 29.5 Å². The Hall–Kier alpha value is -0.760. The molecule has 116 valence electrons. The van der Waals surface area contributed by atoms with E-state index >= 15 is 0 Å². The molecule has 0 saturated carbocycles. The van der Waals surface area contributed by atoms with E-state index in [4.69, 9.17) is 4.74 Å². The average molecular weight is 279 g/mol. The summed E-state index contributed by atoms with van der Waals surface area (Å²) in [7, 11) is 0. The Labute approximate surface area is 124 Å². The van der Waals surface area contributed by atoms with Gasteiger partial charge in [-0.15, -0.1) is 0 Å². The van der Waals surface area contributed by atoms with Gasteiger partial charge in [0.15, 0.2) is 0 Å². The minimum Gasteiger partial charge on any atom is -0.493 e. The quantitative estimate of drug-likeness (QED) is 0.485. The molecule has 2 heteroatoms. The van der Waals surface area contributed by atoms with Gasteiger partial charge >= 0.3 is 0 Å². The van der Waals surface area contributed by atoms with Crippen LogP contribution in [0, 0.1) is 12.8 Å². The second kappa shape index (κ2) is 9.23. The fourth-order valence-electron chi connectivity index (χ4n) is 2.60. The van der Waals surface area contributed by atoms with Crippen LogP contribution < -0.4 is 0 Å². The molecule has 0 saturated heterocycles. The molecule has 20 heavy (non-hydrogen) atoms. The number of hydrogen-bond donors (Lipinski definition) is 1. The molecule has 2 atom stereocenters. The summed E-state index contributed by atoms with van der Waals surface area (Å²) in [6, 6.07) is 0. The van der Waals surface area contributed by atoms with Crippen LogP contribution in [0.1, 0.15) is 65.7 Å². The minimum atomic E-state index is -0.395. The third kappa shape index (κ3) is 4.97. The molecule has 0 heterocycles. The zero-order valence-corrected chi connectivity index (χ0v) is 13.5. The molecule has 1 aliphatic carbocycles. The molecule has 0 bridgehead atoms. The lowest BCUT2D eigenvalue weighted by Gasteiger charge is -2.29. The van der Waals surface area contributed by atoms with E-state index in [1.165, 1.54) is 32.1 Å². The second-order valence-corrected chi connectivity index (χ2v) is 5.85. The maximum absolute atomic E-state index is 9.97. The first-order valence-electron chi connectivity index (χ1n) is 8.13. The molecule has 0 aromatic rings. The van der Waals surface area contributed by atoms with Gasteiger partial charge in [-0.3, -0.25) is 0 Å². The molecular formula is C18H31O2-. The molecule has 2 nitrogen and oxygen atoms in total. The molecule has 0 spiro atoms.